The highest BCUT2D eigenvalue weighted by Crippen LogP contribution is 2.25. The van der Waals surface area contributed by atoms with Gasteiger partial charge in [-0.05, 0) is 84.7 Å². The summed E-state index contributed by atoms with van der Waals surface area (Å²) in [6.07, 6.45) is 8.68. The van der Waals surface area contributed by atoms with Crippen LogP contribution in [0.5, 0.6) is 5.88 Å². The smallest absolute Gasteiger partial charge is 0.335 e. The summed E-state index contributed by atoms with van der Waals surface area (Å²) in [5.74, 6) is -3.48. The van der Waals surface area contributed by atoms with Gasteiger partial charge >= 0.3 is 11.7 Å². The number of carbonyl (C=O) groups is 5. The number of imide groups is 2. The maximum absolute atomic E-state index is 13.7. The number of hydrogen-bond acceptors (Lipinski definition) is 11. The summed E-state index contributed by atoms with van der Waals surface area (Å²) < 4.78 is 0.757. The van der Waals surface area contributed by atoms with Gasteiger partial charge in [0.05, 0.1) is 11.4 Å². The number of rotatable bonds is 14. The van der Waals surface area contributed by atoms with Crippen molar-refractivity contribution in [3.63, 3.8) is 0 Å². The molecule has 6 amide bonds. The minimum atomic E-state index is -1.02. The second-order valence-electron chi connectivity index (χ2n) is 11.9. The zero-order chi connectivity index (χ0) is 39.5. The van der Waals surface area contributed by atoms with E-state index in [0.717, 1.165) is 9.47 Å². The van der Waals surface area contributed by atoms with Gasteiger partial charge < -0.3 is 26.0 Å². The van der Waals surface area contributed by atoms with Crippen LogP contribution >= 0.6 is 0 Å². The first-order chi connectivity index (χ1) is 26.5. The molecule has 0 radical (unpaired) electrons. The van der Waals surface area contributed by atoms with Gasteiger partial charge in [-0.25, -0.2) is 19.1 Å². The maximum atomic E-state index is 13.7. The molecule has 0 aliphatic carbocycles. The number of benzene rings is 2. The number of aromatic nitrogens is 3. The summed E-state index contributed by atoms with van der Waals surface area (Å²) in [6, 6.07) is 13.9. The fourth-order valence-electron chi connectivity index (χ4n) is 5.35. The topological polar surface area (TPSA) is 253 Å². The molecule has 17 heteroatoms. The Morgan fingerprint density at radius 2 is 1.42 bits per heavy atom. The first-order valence-electron chi connectivity index (χ1n) is 16.8. The second-order valence-corrected chi connectivity index (χ2v) is 11.9. The largest absolute Gasteiger partial charge is 0.494 e. The number of allylic oxidation sites excluding steroid dienone is 4. The molecule has 0 bridgehead atoms. The van der Waals surface area contributed by atoms with Crippen LogP contribution in [0.4, 0.5) is 21.9 Å². The van der Waals surface area contributed by atoms with Gasteiger partial charge in [0.2, 0.25) is 17.7 Å². The lowest BCUT2D eigenvalue weighted by molar-refractivity contribution is -0.123. The summed E-state index contributed by atoms with van der Waals surface area (Å²) in [4.78, 5) is 97.3. The average Bonchev–Trinajstić information content (AvgIpc) is 3.15. The highest BCUT2D eigenvalue weighted by Gasteiger charge is 2.36. The molecule has 1 fully saturated rings. The number of aliphatic hydroxyl groups excluding tert-OH is 2. The molecule has 2 aromatic carbocycles. The number of aromatic amines is 1. The zero-order valence-corrected chi connectivity index (χ0v) is 29.0. The summed E-state index contributed by atoms with van der Waals surface area (Å²) >= 11 is 0. The van der Waals surface area contributed by atoms with E-state index in [2.05, 4.69) is 25.9 Å². The Bertz CT molecular complexity index is 2350. The van der Waals surface area contributed by atoms with E-state index in [1.165, 1.54) is 73.1 Å². The quantitative estimate of drug-likeness (QED) is 0.0560. The number of anilines is 3. The van der Waals surface area contributed by atoms with Crippen molar-refractivity contribution in [2.75, 3.05) is 28.7 Å². The average molecular weight is 750 g/mol. The molecule has 3 heterocycles. The number of urea groups is 1. The predicted molar refractivity (Wildman–Crippen MR) is 201 cm³/mol. The number of barbiturate groups is 1. The number of nitrogens with one attached hydrogen (secondary N) is 4. The van der Waals surface area contributed by atoms with E-state index < -0.39 is 46.5 Å². The lowest BCUT2D eigenvalue weighted by Gasteiger charge is -2.26. The lowest BCUT2D eigenvalue weighted by atomic mass is 10.0. The van der Waals surface area contributed by atoms with Gasteiger partial charge in [0.1, 0.15) is 11.1 Å². The van der Waals surface area contributed by atoms with Crippen molar-refractivity contribution in [3.05, 3.63) is 129 Å². The van der Waals surface area contributed by atoms with Crippen LogP contribution in [0.1, 0.15) is 36.8 Å². The van der Waals surface area contributed by atoms with Gasteiger partial charge in [0.25, 0.3) is 17.4 Å². The van der Waals surface area contributed by atoms with E-state index in [4.69, 9.17) is 10.2 Å². The van der Waals surface area contributed by atoms with Crippen LogP contribution in [0.15, 0.2) is 106 Å². The molecule has 1 saturated heterocycles. The van der Waals surface area contributed by atoms with E-state index >= 15 is 0 Å². The molecule has 1 aliphatic heterocycles. The minimum absolute atomic E-state index is 0.0475. The molecule has 0 spiro atoms. The minimum Gasteiger partial charge on any atom is -0.494 e. The van der Waals surface area contributed by atoms with Crippen molar-refractivity contribution >= 4 is 58.4 Å². The highest BCUT2D eigenvalue weighted by molar-refractivity contribution is 6.37. The Balaban J connectivity index is 1.49. The molecule has 55 heavy (non-hydrogen) atoms. The first kappa shape index (κ1) is 39.0. The third-order valence-electron chi connectivity index (χ3n) is 7.99. The van der Waals surface area contributed by atoms with Crippen LogP contribution < -0.4 is 32.1 Å². The summed E-state index contributed by atoms with van der Waals surface area (Å²) in [5.41, 5.74) is -1.18. The maximum Gasteiger partial charge on any atom is 0.335 e. The molecule has 1 aliphatic rings. The molecular formula is C38H35N7O10. The zero-order valence-electron chi connectivity index (χ0n) is 29.0. The number of carbonyl (C=O) groups excluding carboxylic acids is 5. The molecule has 0 unspecified atom stereocenters. The van der Waals surface area contributed by atoms with Crippen LogP contribution in [-0.4, -0.2) is 72.7 Å². The lowest BCUT2D eigenvalue weighted by Crippen LogP contribution is -2.54. The van der Waals surface area contributed by atoms with Gasteiger partial charge in [-0.3, -0.25) is 39.3 Å². The third kappa shape index (κ3) is 9.60. The van der Waals surface area contributed by atoms with Crippen molar-refractivity contribution in [2.45, 2.75) is 25.7 Å². The predicted octanol–water partition coefficient (Wildman–Crippen LogP) is 2.35. The molecule has 2 aromatic heterocycles. The van der Waals surface area contributed by atoms with Crippen molar-refractivity contribution in [1.82, 2.24) is 19.9 Å². The van der Waals surface area contributed by atoms with Gasteiger partial charge in [-0.1, -0.05) is 24.3 Å². The van der Waals surface area contributed by atoms with E-state index in [9.17, 15) is 38.7 Å². The molecule has 4 aromatic rings. The van der Waals surface area contributed by atoms with Crippen LogP contribution in [0.2, 0.25) is 0 Å². The standard InChI is InChI=1S/C38H35N7O10/c46-19-3-9-31(48)40-25-5-1-7-27(21-25)44-35(52)29(33(50)42-37(44)54)13-11-23(24-15-17-39-18-16-24)12-14-30-34(51)43-38(55)45(36(30)53)28-8-2-6-26(22-28)41-32(49)10-4-20-47/h1-2,5-8,11-18,21-22,46-47,50H,3-4,9-10,19-20H2,(H,40,48)(H,41,49)(H,42,54)(H,43,51,55)/b13-11?,23-12?,30-14-. The number of aromatic hydroxyl groups is 1. The van der Waals surface area contributed by atoms with Crippen LogP contribution in [0, 0.1) is 0 Å². The fraction of sp³-hybridized carbons (Fsp3) is 0.158. The van der Waals surface area contributed by atoms with E-state index in [1.807, 2.05) is 0 Å². The molecule has 5 rings (SSSR count). The number of pyridine rings is 1. The molecule has 0 saturated carbocycles. The van der Waals surface area contributed by atoms with Crippen molar-refractivity contribution < 1.29 is 39.3 Å². The van der Waals surface area contributed by atoms with Gasteiger partial charge in [0.15, 0.2) is 0 Å². The number of amides is 6. The number of hydrogen-bond donors (Lipinski definition) is 7. The summed E-state index contributed by atoms with van der Waals surface area (Å²) in [6.45, 7) is -0.343. The van der Waals surface area contributed by atoms with Gasteiger partial charge in [0, 0.05) is 49.8 Å². The molecule has 0 atom stereocenters. The van der Waals surface area contributed by atoms with Crippen molar-refractivity contribution in [3.8, 4) is 11.6 Å². The number of H-pyrrole nitrogens is 1. The Kier molecular flexibility index (Phi) is 12.8. The highest BCUT2D eigenvalue weighted by atomic mass is 16.3. The van der Waals surface area contributed by atoms with Crippen LogP contribution in [0.25, 0.3) is 17.3 Å². The first-order valence-corrected chi connectivity index (χ1v) is 16.8. The fourth-order valence-corrected chi connectivity index (χ4v) is 5.35. The van der Waals surface area contributed by atoms with Crippen LogP contribution in [-0.2, 0) is 19.2 Å². The third-order valence-corrected chi connectivity index (χ3v) is 7.99. The van der Waals surface area contributed by atoms with Crippen molar-refractivity contribution in [2.24, 2.45) is 0 Å². The van der Waals surface area contributed by atoms with E-state index in [0.29, 0.717) is 11.1 Å². The second kappa shape index (κ2) is 18.0. The van der Waals surface area contributed by atoms with Gasteiger partial charge in [-0.15, -0.1) is 0 Å². The number of aliphatic hydroxyl groups is 2. The Morgan fingerprint density at radius 1 is 0.818 bits per heavy atom. The summed E-state index contributed by atoms with van der Waals surface area (Å²) in [5, 5.41) is 36.0. The monoisotopic (exact) mass is 749 g/mol. The SMILES string of the molecule is O=C(CCCO)Nc1cccc(N2C(=O)NC(=O)/C(=C/C=C(C=Cc3c(O)[nH]c(=O)n(-c4cccc(NC(=O)CCCO)c4)c3=O)c3ccncc3)C2=O)c1. The van der Waals surface area contributed by atoms with E-state index in [-0.39, 0.29) is 73.1 Å². The Morgan fingerprint density at radius 3 is 2.04 bits per heavy atom. The molecule has 282 valence electrons. The van der Waals surface area contributed by atoms with Gasteiger partial charge in [-0.2, -0.15) is 0 Å². The Hall–Kier alpha value is -7.24. The van der Waals surface area contributed by atoms with Crippen LogP contribution in [0.3, 0.4) is 0 Å². The summed E-state index contributed by atoms with van der Waals surface area (Å²) in [7, 11) is 0. The Labute approximate surface area is 312 Å². The van der Waals surface area contributed by atoms with Crippen molar-refractivity contribution in [1.29, 1.82) is 0 Å². The number of nitrogens with zero attached hydrogens (tertiary/aromatic N) is 3. The molecular weight excluding hydrogens is 714 g/mol. The molecule has 17 nitrogen and oxygen atoms in total. The van der Waals surface area contributed by atoms with E-state index in [1.54, 1.807) is 24.3 Å². The normalized spacial score (nSPS) is 14.0. The molecule has 7 N–H and O–H groups in total.